The van der Waals surface area contributed by atoms with Crippen LogP contribution < -0.4 is 15.5 Å². The Morgan fingerprint density at radius 3 is 2.18 bits per heavy atom. The third-order valence-corrected chi connectivity index (χ3v) is 7.03. The number of aliphatic hydroxyl groups excluding tert-OH is 1. The van der Waals surface area contributed by atoms with Crippen LogP contribution in [0.15, 0.2) is 66.7 Å². The number of aromatic amines is 1. The monoisotopic (exact) mass is 525 g/mol. The average molecular weight is 526 g/mol. The zero-order chi connectivity index (χ0) is 27.4. The quantitative estimate of drug-likeness (QED) is 0.271. The number of benzene rings is 3. The number of carbonyl (C=O) groups is 2. The summed E-state index contributed by atoms with van der Waals surface area (Å²) in [6.45, 7) is 5.64. The second-order valence-corrected chi connectivity index (χ2v) is 9.86. The van der Waals surface area contributed by atoms with Gasteiger partial charge in [0.25, 0.3) is 11.8 Å². The number of anilines is 2. The minimum Gasteiger partial charge on any atom is -0.393 e. The van der Waals surface area contributed by atoms with Crippen molar-refractivity contribution in [2.24, 2.45) is 0 Å². The molecule has 1 aromatic heterocycles. The summed E-state index contributed by atoms with van der Waals surface area (Å²) in [5.74, 6) is 0.480. The fourth-order valence-electron chi connectivity index (χ4n) is 4.65. The smallest absolute Gasteiger partial charge is 0.255 e. The Morgan fingerprint density at radius 1 is 0.872 bits per heavy atom. The Labute approximate surface area is 228 Å². The molecule has 3 aromatic carbocycles. The highest BCUT2D eigenvalue weighted by molar-refractivity contribution is 6.05. The number of rotatable bonds is 6. The molecule has 202 valence electrons. The molecule has 8 nitrogen and oxygen atoms in total. The van der Waals surface area contributed by atoms with Crippen LogP contribution >= 0.6 is 0 Å². The van der Waals surface area contributed by atoms with Gasteiger partial charge >= 0.3 is 0 Å². The van der Waals surface area contributed by atoms with Crippen LogP contribution in [0.3, 0.4) is 0 Å². The molecule has 1 aliphatic heterocycles. The van der Waals surface area contributed by atoms with Gasteiger partial charge in [0, 0.05) is 47.2 Å². The fourth-order valence-corrected chi connectivity index (χ4v) is 4.65. The Morgan fingerprint density at radius 2 is 1.51 bits per heavy atom. The minimum atomic E-state index is -0.213. The second-order valence-electron chi connectivity index (χ2n) is 9.86. The van der Waals surface area contributed by atoms with E-state index in [9.17, 15) is 14.7 Å². The number of amides is 2. The number of imidazole rings is 1. The number of aliphatic hydroxyl groups is 1. The highest BCUT2D eigenvalue weighted by atomic mass is 16.3. The zero-order valence-corrected chi connectivity index (χ0v) is 22.4. The van der Waals surface area contributed by atoms with Gasteiger partial charge in [-0.1, -0.05) is 26.0 Å². The van der Waals surface area contributed by atoms with Crippen molar-refractivity contribution in [3.8, 4) is 11.4 Å². The Bertz CT molecular complexity index is 1430. The van der Waals surface area contributed by atoms with Crippen molar-refractivity contribution in [2.45, 2.75) is 51.7 Å². The van der Waals surface area contributed by atoms with E-state index in [4.69, 9.17) is 0 Å². The van der Waals surface area contributed by atoms with Crippen LogP contribution in [0.2, 0.25) is 0 Å². The molecule has 4 aromatic rings. The first-order chi connectivity index (χ1) is 19.0. The Kier molecular flexibility index (Phi) is 7.93. The van der Waals surface area contributed by atoms with Gasteiger partial charge in [0.2, 0.25) is 0 Å². The van der Waals surface area contributed by atoms with E-state index in [0.29, 0.717) is 28.7 Å². The molecule has 2 fully saturated rings. The van der Waals surface area contributed by atoms with E-state index >= 15 is 0 Å². The molecule has 8 heteroatoms. The molecule has 4 N–H and O–H groups in total. The first-order valence-electron chi connectivity index (χ1n) is 13.8. The largest absolute Gasteiger partial charge is 0.393 e. The Hall–Kier alpha value is -4.17. The van der Waals surface area contributed by atoms with Crippen LogP contribution in [0.5, 0.6) is 0 Å². The van der Waals surface area contributed by atoms with E-state index in [0.717, 1.165) is 61.1 Å². The highest BCUT2D eigenvalue weighted by Crippen LogP contribution is 2.25. The highest BCUT2D eigenvalue weighted by Gasteiger charge is 2.23. The van der Waals surface area contributed by atoms with Crippen molar-refractivity contribution in [1.29, 1.82) is 0 Å². The first-order valence-corrected chi connectivity index (χ1v) is 13.8. The summed E-state index contributed by atoms with van der Waals surface area (Å²) in [4.78, 5) is 35.3. The van der Waals surface area contributed by atoms with Gasteiger partial charge in [0.05, 0.1) is 17.1 Å². The SMILES string of the molecule is CC.O=C(Nc1ccc2nc(-c3ccc(C(=O)NC4CC4)cc3)[nH]c2c1)c1ccc(N2CCC(O)CC2)cc1. The standard InChI is InChI=1S/C29H29N5O3.C2H6/c35-24-13-15-34(16-14-24)23-10-5-20(6-11-23)29(37)31-22-9-12-25-26(17-22)33-27(32-25)18-1-3-19(4-2-18)28(36)30-21-7-8-21;1-2/h1-6,9-12,17,21,24,35H,7-8,13-16H2,(H,30,36)(H,31,37)(H,32,33);1-2H3. The van der Waals surface area contributed by atoms with E-state index < -0.39 is 0 Å². The molecule has 6 rings (SSSR count). The zero-order valence-electron chi connectivity index (χ0n) is 22.4. The summed E-state index contributed by atoms with van der Waals surface area (Å²) < 4.78 is 0. The van der Waals surface area contributed by atoms with Gasteiger partial charge < -0.3 is 25.6 Å². The molecule has 1 saturated heterocycles. The average Bonchev–Trinajstić information content (AvgIpc) is 3.69. The molecule has 0 spiro atoms. The molecule has 2 amide bonds. The van der Waals surface area contributed by atoms with Crippen LogP contribution in [0.4, 0.5) is 11.4 Å². The predicted molar refractivity (Wildman–Crippen MR) is 155 cm³/mol. The fraction of sp³-hybridized carbons (Fsp3) is 0.323. The lowest BCUT2D eigenvalue weighted by atomic mass is 10.1. The summed E-state index contributed by atoms with van der Waals surface area (Å²) in [6.07, 6.45) is 3.44. The molecular formula is C31H35N5O3. The Balaban J connectivity index is 0.00000151. The maximum absolute atomic E-state index is 12.8. The van der Waals surface area contributed by atoms with Gasteiger partial charge in [-0.3, -0.25) is 9.59 Å². The van der Waals surface area contributed by atoms with Gasteiger partial charge in [-0.15, -0.1) is 0 Å². The van der Waals surface area contributed by atoms with Crippen molar-refractivity contribution in [1.82, 2.24) is 15.3 Å². The van der Waals surface area contributed by atoms with E-state index in [2.05, 4.69) is 25.5 Å². The number of fused-ring (bicyclic) bond motifs is 1. The number of H-pyrrole nitrogens is 1. The molecule has 0 unspecified atom stereocenters. The van der Waals surface area contributed by atoms with Crippen LogP contribution in [0.25, 0.3) is 22.4 Å². The van der Waals surface area contributed by atoms with Crippen molar-refractivity contribution in [2.75, 3.05) is 23.3 Å². The first kappa shape index (κ1) is 26.4. The topological polar surface area (TPSA) is 110 Å². The summed E-state index contributed by atoms with van der Waals surface area (Å²) >= 11 is 0. The summed E-state index contributed by atoms with van der Waals surface area (Å²) in [6, 6.07) is 20.9. The number of nitrogens with one attached hydrogen (secondary N) is 3. The molecule has 1 aliphatic carbocycles. The summed E-state index contributed by atoms with van der Waals surface area (Å²) in [5.41, 5.74) is 5.44. The molecule has 1 saturated carbocycles. The van der Waals surface area contributed by atoms with E-state index in [1.54, 1.807) is 0 Å². The van der Waals surface area contributed by atoms with Crippen molar-refractivity contribution >= 4 is 34.2 Å². The van der Waals surface area contributed by atoms with Gasteiger partial charge in [-0.25, -0.2) is 4.98 Å². The maximum Gasteiger partial charge on any atom is 0.255 e. The van der Waals surface area contributed by atoms with E-state index in [1.165, 1.54) is 0 Å². The van der Waals surface area contributed by atoms with Crippen LogP contribution in [0.1, 0.15) is 60.2 Å². The summed E-state index contributed by atoms with van der Waals surface area (Å²) in [5, 5.41) is 15.7. The van der Waals surface area contributed by atoms with E-state index in [-0.39, 0.29) is 17.9 Å². The lowest BCUT2D eigenvalue weighted by Crippen LogP contribution is -2.35. The number of nitrogens with zero attached hydrogens (tertiary/aromatic N) is 2. The maximum atomic E-state index is 12.8. The third-order valence-electron chi connectivity index (χ3n) is 7.03. The number of hydrogen-bond acceptors (Lipinski definition) is 5. The molecular weight excluding hydrogens is 490 g/mol. The number of piperidine rings is 1. The normalized spacial score (nSPS) is 15.4. The molecule has 2 heterocycles. The van der Waals surface area contributed by atoms with Crippen molar-refractivity contribution < 1.29 is 14.7 Å². The van der Waals surface area contributed by atoms with Gasteiger partial charge in [0.15, 0.2) is 0 Å². The van der Waals surface area contributed by atoms with Crippen LogP contribution in [-0.4, -0.2) is 52.1 Å². The van der Waals surface area contributed by atoms with Gasteiger partial charge in [0.1, 0.15) is 5.82 Å². The molecule has 2 aliphatic rings. The molecule has 0 bridgehead atoms. The van der Waals surface area contributed by atoms with Gasteiger partial charge in [-0.2, -0.15) is 0 Å². The molecule has 39 heavy (non-hydrogen) atoms. The third kappa shape index (κ3) is 6.29. The van der Waals surface area contributed by atoms with Crippen molar-refractivity contribution in [3.63, 3.8) is 0 Å². The molecule has 0 atom stereocenters. The number of aromatic nitrogens is 2. The second kappa shape index (κ2) is 11.7. The van der Waals surface area contributed by atoms with Crippen LogP contribution in [-0.2, 0) is 0 Å². The lowest BCUT2D eigenvalue weighted by molar-refractivity contribution is 0.0950. The van der Waals surface area contributed by atoms with E-state index in [1.807, 2.05) is 80.6 Å². The summed E-state index contributed by atoms with van der Waals surface area (Å²) in [7, 11) is 0. The molecule has 0 radical (unpaired) electrons. The minimum absolute atomic E-state index is 0.0417. The number of carbonyl (C=O) groups excluding carboxylic acids is 2. The lowest BCUT2D eigenvalue weighted by Gasteiger charge is -2.31. The van der Waals surface area contributed by atoms with Crippen LogP contribution in [0, 0.1) is 0 Å². The number of hydrogen-bond donors (Lipinski definition) is 4. The van der Waals surface area contributed by atoms with Crippen molar-refractivity contribution in [3.05, 3.63) is 77.9 Å². The van der Waals surface area contributed by atoms with Gasteiger partial charge in [-0.05, 0) is 80.3 Å². The predicted octanol–water partition coefficient (Wildman–Crippen LogP) is 5.36.